The van der Waals surface area contributed by atoms with Gasteiger partial charge in [-0.15, -0.1) is 0 Å². The number of esters is 1. The Balaban J connectivity index is 2.05. The molecule has 0 aromatic carbocycles. The minimum atomic E-state index is -0.343. The van der Waals surface area contributed by atoms with Crippen LogP contribution in [0, 0.1) is 11.8 Å². The third-order valence-corrected chi connectivity index (χ3v) is 4.28. The molecule has 1 aliphatic heterocycles. The first-order valence-electron chi connectivity index (χ1n) is 7.46. The van der Waals surface area contributed by atoms with E-state index in [4.69, 9.17) is 4.74 Å². The molecule has 4 heteroatoms. The molecule has 1 saturated heterocycles. The molecular weight excluding hydrogens is 242 g/mol. The molecule has 0 aromatic rings. The Morgan fingerprint density at radius 3 is 2.58 bits per heavy atom. The van der Waals surface area contributed by atoms with Crippen LogP contribution in [0.1, 0.15) is 52.9 Å². The Labute approximate surface area is 115 Å². The zero-order chi connectivity index (χ0) is 14.0. The summed E-state index contributed by atoms with van der Waals surface area (Å²) < 4.78 is 5.34. The van der Waals surface area contributed by atoms with E-state index in [2.05, 4.69) is 0 Å². The van der Waals surface area contributed by atoms with Crippen LogP contribution in [0.4, 0.5) is 0 Å². The first-order valence-corrected chi connectivity index (χ1v) is 7.46. The van der Waals surface area contributed by atoms with Gasteiger partial charge in [-0.2, -0.15) is 0 Å². The first-order chi connectivity index (χ1) is 9.00. The topological polar surface area (TPSA) is 46.6 Å². The maximum atomic E-state index is 12.2. The molecular formula is C15H25NO3. The Hall–Kier alpha value is -1.06. The van der Waals surface area contributed by atoms with E-state index in [1.165, 1.54) is 12.8 Å². The molecule has 0 spiro atoms. The van der Waals surface area contributed by atoms with Crippen molar-refractivity contribution in [2.24, 2.45) is 11.8 Å². The van der Waals surface area contributed by atoms with Gasteiger partial charge < -0.3 is 9.64 Å². The van der Waals surface area contributed by atoms with E-state index in [1.54, 1.807) is 11.8 Å². The molecule has 0 radical (unpaired) electrons. The molecule has 1 aliphatic carbocycles. The SMILES string of the molecule is CC(=O)N1C(C(=O)OCC(C)C)CC2CCCCC21. The normalized spacial score (nSPS) is 30.3. The zero-order valence-corrected chi connectivity index (χ0v) is 12.2. The highest BCUT2D eigenvalue weighted by atomic mass is 16.5. The molecule has 108 valence electrons. The number of rotatable bonds is 3. The van der Waals surface area contributed by atoms with Gasteiger partial charge >= 0.3 is 5.97 Å². The van der Waals surface area contributed by atoms with Gasteiger partial charge in [0.05, 0.1) is 6.61 Å². The summed E-state index contributed by atoms with van der Waals surface area (Å²) in [5, 5.41) is 0. The molecule has 2 rings (SSSR count). The van der Waals surface area contributed by atoms with Gasteiger partial charge in [0.2, 0.25) is 5.91 Å². The number of amides is 1. The van der Waals surface area contributed by atoms with Crippen molar-refractivity contribution in [2.45, 2.75) is 65.0 Å². The van der Waals surface area contributed by atoms with Crippen LogP contribution in [0.15, 0.2) is 0 Å². The van der Waals surface area contributed by atoms with Crippen molar-refractivity contribution in [3.63, 3.8) is 0 Å². The van der Waals surface area contributed by atoms with E-state index in [1.807, 2.05) is 13.8 Å². The molecule has 4 nitrogen and oxygen atoms in total. The Bertz CT molecular complexity index is 353. The summed E-state index contributed by atoms with van der Waals surface area (Å²) >= 11 is 0. The van der Waals surface area contributed by atoms with Crippen molar-refractivity contribution in [3.05, 3.63) is 0 Å². The summed E-state index contributed by atoms with van der Waals surface area (Å²) in [7, 11) is 0. The zero-order valence-electron chi connectivity index (χ0n) is 12.2. The van der Waals surface area contributed by atoms with Crippen LogP contribution >= 0.6 is 0 Å². The summed E-state index contributed by atoms with van der Waals surface area (Å²) in [6, 6.07) is -0.0767. The van der Waals surface area contributed by atoms with E-state index in [9.17, 15) is 9.59 Å². The lowest BCUT2D eigenvalue weighted by molar-refractivity contribution is -0.155. The third-order valence-electron chi connectivity index (χ3n) is 4.28. The van der Waals surface area contributed by atoms with Gasteiger partial charge in [-0.3, -0.25) is 4.79 Å². The van der Waals surface area contributed by atoms with Crippen molar-refractivity contribution in [3.8, 4) is 0 Å². The van der Waals surface area contributed by atoms with E-state index in [0.29, 0.717) is 18.4 Å². The van der Waals surface area contributed by atoms with Gasteiger partial charge in [-0.25, -0.2) is 4.79 Å². The minimum absolute atomic E-state index is 0.0147. The molecule has 0 N–H and O–H groups in total. The van der Waals surface area contributed by atoms with Gasteiger partial charge in [-0.1, -0.05) is 26.7 Å². The molecule has 2 aliphatic rings. The molecule has 2 fully saturated rings. The van der Waals surface area contributed by atoms with Crippen LogP contribution in [0.25, 0.3) is 0 Å². The molecule has 1 amide bonds. The minimum Gasteiger partial charge on any atom is -0.464 e. The van der Waals surface area contributed by atoms with Crippen LogP contribution in [-0.2, 0) is 14.3 Å². The van der Waals surface area contributed by atoms with Crippen LogP contribution in [-0.4, -0.2) is 35.5 Å². The number of likely N-dealkylation sites (tertiary alicyclic amines) is 1. The lowest BCUT2D eigenvalue weighted by Crippen LogP contribution is -2.45. The van der Waals surface area contributed by atoms with E-state index < -0.39 is 0 Å². The fourth-order valence-corrected chi connectivity index (χ4v) is 3.47. The summed E-state index contributed by atoms with van der Waals surface area (Å²) in [6.45, 7) is 6.05. The number of hydrogen-bond donors (Lipinski definition) is 0. The third kappa shape index (κ3) is 3.10. The molecule has 1 heterocycles. The van der Waals surface area contributed by atoms with Gasteiger partial charge in [0, 0.05) is 13.0 Å². The van der Waals surface area contributed by atoms with E-state index >= 15 is 0 Å². The molecule has 0 aromatic heterocycles. The van der Waals surface area contributed by atoms with E-state index in [0.717, 1.165) is 19.3 Å². The number of carbonyl (C=O) groups excluding carboxylic acids is 2. The summed E-state index contributed by atoms with van der Waals surface area (Å²) in [6.07, 6.45) is 5.36. The standard InChI is InChI=1S/C15H25NO3/c1-10(2)9-19-15(18)14-8-12-6-4-5-7-13(12)16(14)11(3)17/h10,12-14H,4-9H2,1-3H3. The second-order valence-corrected chi connectivity index (χ2v) is 6.31. The van der Waals surface area contributed by atoms with Crippen LogP contribution in [0.2, 0.25) is 0 Å². The summed E-state index contributed by atoms with van der Waals surface area (Å²) in [5.41, 5.74) is 0. The van der Waals surface area contributed by atoms with Crippen molar-refractivity contribution >= 4 is 11.9 Å². The second-order valence-electron chi connectivity index (χ2n) is 6.31. The van der Waals surface area contributed by atoms with Gasteiger partial charge in [0.25, 0.3) is 0 Å². The smallest absolute Gasteiger partial charge is 0.328 e. The Morgan fingerprint density at radius 2 is 1.95 bits per heavy atom. The summed E-state index contributed by atoms with van der Waals surface area (Å²) in [4.78, 5) is 25.9. The van der Waals surface area contributed by atoms with Gasteiger partial charge in [0.15, 0.2) is 0 Å². The van der Waals surface area contributed by atoms with E-state index in [-0.39, 0.29) is 24.0 Å². The summed E-state index contributed by atoms with van der Waals surface area (Å²) in [5.74, 6) is 0.631. The number of ether oxygens (including phenoxy) is 1. The predicted octanol–water partition coefficient (Wildman–Crippen LogP) is 2.37. The van der Waals surface area contributed by atoms with Crippen molar-refractivity contribution in [2.75, 3.05) is 6.61 Å². The lowest BCUT2D eigenvalue weighted by atomic mass is 9.85. The second kappa shape index (κ2) is 5.93. The number of nitrogens with zero attached hydrogens (tertiary/aromatic N) is 1. The fourth-order valence-electron chi connectivity index (χ4n) is 3.47. The van der Waals surface area contributed by atoms with Crippen LogP contribution in [0.3, 0.4) is 0 Å². The average molecular weight is 267 g/mol. The average Bonchev–Trinajstić information content (AvgIpc) is 2.75. The first kappa shape index (κ1) is 14.4. The quantitative estimate of drug-likeness (QED) is 0.737. The largest absolute Gasteiger partial charge is 0.464 e. The Kier molecular flexibility index (Phi) is 4.48. The van der Waals surface area contributed by atoms with Gasteiger partial charge in [0.1, 0.15) is 6.04 Å². The highest BCUT2D eigenvalue weighted by molar-refractivity contribution is 5.84. The monoisotopic (exact) mass is 267 g/mol. The molecule has 3 unspecified atom stereocenters. The number of carbonyl (C=O) groups is 2. The number of hydrogen-bond acceptors (Lipinski definition) is 3. The highest BCUT2D eigenvalue weighted by Gasteiger charge is 2.46. The van der Waals surface area contributed by atoms with Crippen molar-refractivity contribution in [1.82, 2.24) is 4.90 Å². The Morgan fingerprint density at radius 1 is 1.26 bits per heavy atom. The fraction of sp³-hybridized carbons (Fsp3) is 0.867. The van der Waals surface area contributed by atoms with Crippen LogP contribution < -0.4 is 0 Å². The molecule has 3 atom stereocenters. The number of fused-ring (bicyclic) bond motifs is 1. The van der Waals surface area contributed by atoms with Gasteiger partial charge in [-0.05, 0) is 31.1 Å². The van der Waals surface area contributed by atoms with Crippen LogP contribution in [0.5, 0.6) is 0 Å². The van der Waals surface area contributed by atoms with Crippen molar-refractivity contribution in [1.29, 1.82) is 0 Å². The molecule has 0 bridgehead atoms. The molecule has 19 heavy (non-hydrogen) atoms. The highest BCUT2D eigenvalue weighted by Crippen LogP contribution is 2.40. The molecule has 1 saturated carbocycles. The maximum absolute atomic E-state index is 12.2. The maximum Gasteiger partial charge on any atom is 0.328 e. The lowest BCUT2D eigenvalue weighted by Gasteiger charge is -2.32. The predicted molar refractivity (Wildman–Crippen MR) is 72.5 cm³/mol. The van der Waals surface area contributed by atoms with Crippen molar-refractivity contribution < 1.29 is 14.3 Å².